The van der Waals surface area contributed by atoms with Crippen molar-refractivity contribution < 1.29 is 9.21 Å². The van der Waals surface area contributed by atoms with Gasteiger partial charge in [0.25, 0.3) is 5.91 Å². The van der Waals surface area contributed by atoms with Crippen LogP contribution in [0.2, 0.25) is 0 Å². The molecule has 2 aromatic heterocycles. The maximum atomic E-state index is 12.3. The van der Waals surface area contributed by atoms with Gasteiger partial charge in [0.2, 0.25) is 0 Å². The van der Waals surface area contributed by atoms with E-state index in [-0.39, 0.29) is 5.91 Å². The lowest BCUT2D eigenvalue weighted by atomic mass is 9.95. The molecule has 0 unspecified atom stereocenters. The first kappa shape index (κ1) is 13.4. The van der Waals surface area contributed by atoms with E-state index in [4.69, 9.17) is 4.42 Å². The topological polar surface area (TPSA) is 54.3 Å². The predicted molar refractivity (Wildman–Crippen MR) is 83.0 cm³/mol. The molecule has 1 amide bonds. The van der Waals surface area contributed by atoms with Crippen LogP contribution >= 0.6 is 23.1 Å². The van der Waals surface area contributed by atoms with Crippen LogP contribution in [0.25, 0.3) is 0 Å². The molecule has 2 aromatic rings. The Kier molecular flexibility index (Phi) is 3.52. The summed E-state index contributed by atoms with van der Waals surface area (Å²) in [4.78, 5) is 14.2. The first-order valence-corrected chi connectivity index (χ1v) is 8.78. The van der Waals surface area contributed by atoms with E-state index < -0.39 is 0 Å². The molecule has 4 rings (SSSR count). The largest absolute Gasteiger partial charge is 0.471 e. The van der Waals surface area contributed by atoms with Crippen molar-refractivity contribution >= 4 is 29.0 Å². The predicted octanol–water partition coefficient (Wildman–Crippen LogP) is 3.12. The summed E-state index contributed by atoms with van der Waals surface area (Å²) in [5, 5.41) is 6.72. The highest BCUT2D eigenvalue weighted by Gasteiger charge is 2.39. The summed E-state index contributed by atoms with van der Waals surface area (Å²) < 4.78 is 6.16. The van der Waals surface area contributed by atoms with Crippen LogP contribution in [0.1, 0.15) is 28.9 Å². The Morgan fingerprint density at radius 1 is 1.38 bits per heavy atom. The molecule has 21 heavy (non-hydrogen) atoms. The fraction of sp³-hybridized carbons (Fsp3) is 0.400. The van der Waals surface area contributed by atoms with E-state index >= 15 is 0 Å². The molecular formula is C15H16N2O2S2. The number of furan rings is 1. The number of amides is 1. The summed E-state index contributed by atoms with van der Waals surface area (Å²) in [6.45, 7) is 0. The zero-order valence-corrected chi connectivity index (χ0v) is 13.0. The summed E-state index contributed by atoms with van der Waals surface area (Å²) in [7, 11) is 0. The number of thiophene rings is 1. The Morgan fingerprint density at radius 3 is 3.05 bits per heavy atom. The van der Waals surface area contributed by atoms with Gasteiger partial charge in [-0.15, -0.1) is 11.3 Å². The van der Waals surface area contributed by atoms with Gasteiger partial charge in [-0.1, -0.05) is 11.8 Å². The number of carbonyl (C=O) groups is 1. The molecule has 0 radical (unpaired) electrons. The number of rotatable bonds is 4. The number of nitrogens with one attached hydrogen (secondary N) is 2. The van der Waals surface area contributed by atoms with Crippen molar-refractivity contribution in [2.75, 3.05) is 0 Å². The van der Waals surface area contributed by atoms with Crippen molar-refractivity contribution in [3.63, 3.8) is 0 Å². The Labute approximate surface area is 131 Å². The summed E-state index contributed by atoms with van der Waals surface area (Å²) in [5.74, 6) is 0.0541. The summed E-state index contributed by atoms with van der Waals surface area (Å²) in [5.41, 5.74) is 0. The van der Waals surface area contributed by atoms with Crippen molar-refractivity contribution in [2.45, 2.75) is 46.5 Å². The average molecular weight is 320 g/mol. The second-order valence-electron chi connectivity index (χ2n) is 5.54. The van der Waals surface area contributed by atoms with Crippen LogP contribution in [0.4, 0.5) is 0 Å². The number of fused-ring (bicyclic) bond motifs is 2. The van der Waals surface area contributed by atoms with Gasteiger partial charge in [-0.2, -0.15) is 0 Å². The highest BCUT2D eigenvalue weighted by atomic mass is 32.2. The lowest BCUT2D eigenvalue weighted by Crippen LogP contribution is -2.42. The van der Waals surface area contributed by atoms with E-state index in [0.29, 0.717) is 18.1 Å². The molecule has 0 saturated carbocycles. The van der Waals surface area contributed by atoms with Gasteiger partial charge in [-0.05, 0) is 37.5 Å². The van der Waals surface area contributed by atoms with Crippen LogP contribution in [0.15, 0.2) is 44.2 Å². The molecule has 2 aliphatic heterocycles. The molecule has 2 bridgehead atoms. The smallest absolute Gasteiger partial charge is 0.261 e. The molecule has 3 atom stereocenters. The minimum atomic E-state index is 0.0541. The second kappa shape index (κ2) is 5.51. The van der Waals surface area contributed by atoms with E-state index in [1.165, 1.54) is 24.2 Å². The van der Waals surface area contributed by atoms with Crippen molar-refractivity contribution in [3.8, 4) is 0 Å². The van der Waals surface area contributed by atoms with Crippen LogP contribution in [0, 0.1) is 0 Å². The Bertz CT molecular complexity index is 638. The zero-order valence-electron chi connectivity index (χ0n) is 11.4. The van der Waals surface area contributed by atoms with Crippen LogP contribution in [-0.4, -0.2) is 24.0 Å². The fourth-order valence-corrected chi connectivity index (χ4v) is 5.11. The highest BCUT2D eigenvalue weighted by molar-refractivity contribution is 8.01. The van der Waals surface area contributed by atoms with Crippen LogP contribution in [0.5, 0.6) is 0 Å². The van der Waals surface area contributed by atoms with Gasteiger partial charge < -0.3 is 15.1 Å². The van der Waals surface area contributed by atoms with E-state index in [9.17, 15) is 4.79 Å². The van der Waals surface area contributed by atoms with Gasteiger partial charge in [0.15, 0.2) is 0 Å². The first-order chi connectivity index (χ1) is 10.3. The monoisotopic (exact) mass is 320 g/mol. The minimum Gasteiger partial charge on any atom is -0.471 e. The van der Waals surface area contributed by atoms with Gasteiger partial charge in [0.1, 0.15) is 6.26 Å². The van der Waals surface area contributed by atoms with E-state index in [0.717, 1.165) is 20.4 Å². The van der Waals surface area contributed by atoms with E-state index in [2.05, 4.69) is 10.6 Å². The zero-order chi connectivity index (χ0) is 14.2. The first-order valence-electron chi connectivity index (χ1n) is 7.15. The van der Waals surface area contributed by atoms with E-state index in [1.54, 1.807) is 24.3 Å². The van der Waals surface area contributed by atoms with Gasteiger partial charge in [0, 0.05) is 18.1 Å². The highest BCUT2D eigenvalue weighted by Crippen LogP contribution is 2.34. The molecule has 0 aromatic carbocycles. The molecule has 6 heteroatoms. The third kappa shape index (κ3) is 2.75. The van der Waals surface area contributed by atoms with E-state index in [1.807, 2.05) is 18.2 Å². The molecule has 4 heterocycles. The van der Waals surface area contributed by atoms with Gasteiger partial charge >= 0.3 is 0 Å². The maximum absolute atomic E-state index is 12.3. The Hall–Kier alpha value is -1.24. The van der Waals surface area contributed by atoms with Gasteiger partial charge in [-0.25, -0.2) is 0 Å². The van der Waals surface area contributed by atoms with Crippen molar-refractivity contribution in [3.05, 3.63) is 35.6 Å². The Morgan fingerprint density at radius 2 is 2.33 bits per heavy atom. The average Bonchev–Trinajstić information content (AvgIpc) is 3.24. The molecule has 0 spiro atoms. The number of hydrogen-bond donors (Lipinski definition) is 2. The number of hydrogen-bond acceptors (Lipinski definition) is 5. The summed E-state index contributed by atoms with van der Waals surface area (Å²) in [6.07, 6.45) is 6.87. The molecule has 0 aliphatic carbocycles. The fourth-order valence-electron chi connectivity index (χ4n) is 3.15. The normalized spacial score (nSPS) is 27.1. The third-order valence-corrected chi connectivity index (χ3v) is 6.32. The lowest BCUT2D eigenvalue weighted by Gasteiger charge is -2.20. The van der Waals surface area contributed by atoms with Crippen molar-refractivity contribution in [1.82, 2.24) is 10.6 Å². The summed E-state index contributed by atoms with van der Waals surface area (Å²) >= 11 is 3.15. The third-order valence-electron chi connectivity index (χ3n) is 4.14. The van der Waals surface area contributed by atoms with Gasteiger partial charge in [-0.3, -0.25) is 4.79 Å². The molecule has 2 aliphatic rings. The molecule has 4 nitrogen and oxygen atoms in total. The molecular weight excluding hydrogens is 304 g/mol. The van der Waals surface area contributed by atoms with Gasteiger partial charge in [0.05, 0.1) is 20.2 Å². The maximum Gasteiger partial charge on any atom is 0.261 e. The molecule has 2 fully saturated rings. The quantitative estimate of drug-likeness (QED) is 0.909. The minimum absolute atomic E-state index is 0.0541. The second-order valence-corrected chi connectivity index (χ2v) is 8.00. The van der Waals surface area contributed by atoms with Crippen LogP contribution in [-0.2, 0) is 0 Å². The van der Waals surface area contributed by atoms with Crippen molar-refractivity contribution in [1.29, 1.82) is 0 Å². The molecule has 2 N–H and O–H groups in total. The SMILES string of the molecule is O=C(N[C@@H]1C[C@H]2CC[C@@H]1N2)c1ccc(Sc2ccoc2)s1. The summed E-state index contributed by atoms with van der Waals surface area (Å²) in [6, 6.07) is 7.20. The van der Waals surface area contributed by atoms with Crippen molar-refractivity contribution in [2.24, 2.45) is 0 Å². The standard InChI is InChI=1S/C15H16N2O2S2/c18-15(17-12-7-9-1-2-11(12)16-9)13-3-4-14(21-13)20-10-5-6-19-8-10/h3-6,8-9,11-12,16H,1-2,7H2,(H,17,18)/t9-,11+,12-/m1/s1. The molecule has 110 valence electrons. The Balaban J connectivity index is 1.39. The van der Waals surface area contributed by atoms with Crippen LogP contribution < -0.4 is 10.6 Å². The lowest BCUT2D eigenvalue weighted by molar-refractivity contribution is 0.0935. The van der Waals surface area contributed by atoms with Crippen LogP contribution in [0.3, 0.4) is 0 Å². The molecule has 2 saturated heterocycles. The number of carbonyl (C=O) groups excluding carboxylic acids is 1.